The zero-order valence-corrected chi connectivity index (χ0v) is 8.99. The van der Waals surface area contributed by atoms with Crippen molar-refractivity contribution in [2.24, 2.45) is 7.05 Å². The number of amides is 1. The number of hydrogen-bond acceptors (Lipinski definition) is 4. The Morgan fingerprint density at radius 1 is 1.73 bits per heavy atom. The lowest BCUT2D eigenvalue weighted by molar-refractivity contribution is 0.0939. The lowest BCUT2D eigenvalue weighted by atomic mass is 10.3. The monoisotopic (exact) mass is 212 g/mol. The number of methoxy groups -OCH3 is 1. The van der Waals surface area contributed by atoms with Gasteiger partial charge in [-0.3, -0.25) is 9.48 Å². The van der Waals surface area contributed by atoms with E-state index in [9.17, 15) is 4.79 Å². The van der Waals surface area contributed by atoms with Gasteiger partial charge < -0.3 is 15.8 Å². The van der Waals surface area contributed by atoms with Crippen molar-refractivity contribution in [3.8, 4) is 0 Å². The third-order valence-electron chi connectivity index (χ3n) is 1.94. The second-order valence-electron chi connectivity index (χ2n) is 3.18. The van der Waals surface area contributed by atoms with Crippen molar-refractivity contribution in [1.29, 1.82) is 0 Å². The molecule has 1 aromatic heterocycles. The Bertz CT molecular complexity index is 335. The SMILES string of the molecule is COCCCNC(=O)c1cc(N)nn1C. The Morgan fingerprint density at radius 3 is 3.00 bits per heavy atom. The number of anilines is 1. The molecule has 0 bridgehead atoms. The highest BCUT2D eigenvalue weighted by Gasteiger charge is 2.10. The van der Waals surface area contributed by atoms with E-state index in [1.807, 2.05) is 0 Å². The number of rotatable bonds is 5. The second-order valence-corrected chi connectivity index (χ2v) is 3.18. The van der Waals surface area contributed by atoms with Crippen molar-refractivity contribution in [3.05, 3.63) is 11.8 Å². The summed E-state index contributed by atoms with van der Waals surface area (Å²) in [7, 11) is 3.31. The number of carbonyl (C=O) groups is 1. The van der Waals surface area contributed by atoms with E-state index in [0.717, 1.165) is 6.42 Å². The molecule has 84 valence electrons. The molecule has 1 amide bonds. The Hall–Kier alpha value is -1.56. The van der Waals surface area contributed by atoms with Gasteiger partial charge in [0.1, 0.15) is 11.5 Å². The fourth-order valence-corrected chi connectivity index (χ4v) is 1.21. The van der Waals surface area contributed by atoms with E-state index in [2.05, 4.69) is 10.4 Å². The predicted molar refractivity (Wildman–Crippen MR) is 56.4 cm³/mol. The Balaban J connectivity index is 2.43. The van der Waals surface area contributed by atoms with Crippen LogP contribution < -0.4 is 11.1 Å². The van der Waals surface area contributed by atoms with E-state index < -0.39 is 0 Å². The minimum Gasteiger partial charge on any atom is -0.385 e. The van der Waals surface area contributed by atoms with Gasteiger partial charge in [0.15, 0.2) is 0 Å². The molecule has 0 aromatic carbocycles. The summed E-state index contributed by atoms with van der Waals surface area (Å²) in [6.07, 6.45) is 0.787. The van der Waals surface area contributed by atoms with Crippen LogP contribution >= 0.6 is 0 Å². The van der Waals surface area contributed by atoms with Crippen molar-refractivity contribution < 1.29 is 9.53 Å². The minimum atomic E-state index is -0.169. The van der Waals surface area contributed by atoms with Crippen LogP contribution in [0.1, 0.15) is 16.9 Å². The molecule has 3 N–H and O–H groups in total. The molecule has 1 rings (SSSR count). The maximum absolute atomic E-state index is 11.6. The molecule has 0 fully saturated rings. The van der Waals surface area contributed by atoms with Gasteiger partial charge in [0, 0.05) is 33.4 Å². The van der Waals surface area contributed by atoms with Gasteiger partial charge in [-0.2, -0.15) is 5.10 Å². The Labute approximate surface area is 88.4 Å². The van der Waals surface area contributed by atoms with Crippen LogP contribution in [-0.4, -0.2) is 35.9 Å². The van der Waals surface area contributed by atoms with Gasteiger partial charge in [-0.1, -0.05) is 0 Å². The second kappa shape index (κ2) is 5.35. The van der Waals surface area contributed by atoms with E-state index in [1.54, 1.807) is 20.2 Å². The highest BCUT2D eigenvalue weighted by Crippen LogP contribution is 2.03. The Kier molecular flexibility index (Phi) is 4.11. The normalized spacial score (nSPS) is 10.3. The summed E-state index contributed by atoms with van der Waals surface area (Å²) >= 11 is 0. The number of aromatic nitrogens is 2. The summed E-state index contributed by atoms with van der Waals surface area (Å²) in [6.45, 7) is 1.21. The molecular weight excluding hydrogens is 196 g/mol. The number of aryl methyl sites for hydroxylation is 1. The molecule has 6 nitrogen and oxygen atoms in total. The maximum atomic E-state index is 11.6. The van der Waals surface area contributed by atoms with Crippen LogP contribution in [0.25, 0.3) is 0 Å². The van der Waals surface area contributed by atoms with Gasteiger partial charge in [-0.05, 0) is 6.42 Å². The summed E-state index contributed by atoms with van der Waals surface area (Å²) in [5, 5.41) is 6.64. The molecule has 0 saturated heterocycles. The molecule has 1 aromatic rings. The first-order valence-corrected chi connectivity index (χ1v) is 4.72. The van der Waals surface area contributed by atoms with E-state index in [4.69, 9.17) is 10.5 Å². The standard InChI is InChI=1S/C9H16N4O2/c1-13-7(6-8(10)12-13)9(14)11-4-3-5-15-2/h6H,3-5H2,1-2H3,(H2,10,12)(H,11,14). The molecule has 0 atom stereocenters. The first-order chi connectivity index (χ1) is 7.15. The molecule has 0 aliphatic rings. The molecule has 0 aliphatic carbocycles. The van der Waals surface area contributed by atoms with Gasteiger partial charge in [-0.25, -0.2) is 0 Å². The molecule has 15 heavy (non-hydrogen) atoms. The van der Waals surface area contributed by atoms with Crippen LogP contribution in [0.15, 0.2) is 6.07 Å². The number of nitrogens with one attached hydrogen (secondary N) is 1. The predicted octanol–water partition coefficient (Wildman–Crippen LogP) is -0.231. The summed E-state index contributed by atoms with van der Waals surface area (Å²) in [5.74, 6) is 0.178. The quantitative estimate of drug-likeness (QED) is 0.660. The fourth-order valence-electron chi connectivity index (χ4n) is 1.21. The van der Waals surface area contributed by atoms with Crippen molar-refractivity contribution in [1.82, 2.24) is 15.1 Å². The summed E-state index contributed by atoms with van der Waals surface area (Å²) in [4.78, 5) is 11.6. The van der Waals surface area contributed by atoms with Gasteiger partial charge in [-0.15, -0.1) is 0 Å². The molecular formula is C9H16N4O2. The number of nitrogens with zero attached hydrogens (tertiary/aromatic N) is 2. The Morgan fingerprint density at radius 2 is 2.47 bits per heavy atom. The summed E-state index contributed by atoms with van der Waals surface area (Å²) in [6, 6.07) is 1.55. The average Bonchev–Trinajstić information content (AvgIpc) is 2.52. The zero-order valence-electron chi connectivity index (χ0n) is 8.99. The largest absolute Gasteiger partial charge is 0.385 e. The molecule has 0 saturated carbocycles. The van der Waals surface area contributed by atoms with Crippen molar-refractivity contribution >= 4 is 11.7 Å². The molecule has 0 aliphatic heterocycles. The smallest absolute Gasteiger partial charge is 0.269 e. The highest BCUT2D eigenvalue weighted by molar-refractivity contribution is 5.93. The topological polar surface area (TPSA) is 82.2 Å². The maximum Gasteiger partial charge on any atom is 0.269 e. The summed E-state index contributed by atoms with van der Waals surface area (Å²) in [5.41, 5.74) is 5.92. The highest BCUT2D eigenvalue weighted by atomic mass is 16.5. The van der Waals surface area contributed by atoms with E-state index in [0.29, 0.717) is 24.7 Å². The lowest BCUT2D eigenvalue weighted by Gasteiger charge is -2.04. The van der Waals surface area contributed by atoms with Gasteiger partial charge in [0.2, 0.25) is 0 Å². The molecule has 1 heterocycles. The number of ether oxygens (including phenoxy) is 1. The first kappa shape index (κ1) is 11.5. The van der Waals surface area contributed by atoms with Crippen LogP contribution in [-0.2, 0) is 11.8 Å². The molecule has 6 heteroatoms. The number of hydrogen-bond donors (Lipinski definition) is 2. The lowest BCUT2D eigenvalue weighted by Crippen LogP contribution is -2.27. The van der Waals surface area contributed by atoms with Gasteiger partial charge in [0.05, 0.1) is 0 Å². The third kappa shape index (κ3) is 3.25. The molecule has 0 radical (unpaired) electrons. The number of nitrogen functional groups attached to an aromatic ring is 1. The van der Waals surface area contributed by atoms with Crippen LogP contribution in [0.5, 0.6) is 0 Å². The van der Waals surface area contributed by atoms with Crippen LogP contribution in [0.3, 0.4) is 0 Å². The summed E-state index contributed by atoms with van der Waals surface area (Å²) < 4.78 is 6.33. The van der Waals surface area contributed by atoms with Crippen LogP contribution in [0.2, 0.25) is 0 Å². The average molecular weight is 212 g/mol. The van der Waals surface area contributed by atoms with E-state index in [1.165, 1.54) is 4.68 Å². The van der Waals surface area contributed by atoms with Crippen LogP contribution in [0, 0.1) is 0 Å². The minimum absolute atomic E-state index is 0.169. The van der Waals surface area contributed by atoms with Gasteiger partial charge >= 0.3 is 0 Å². The number of carbonyl (C=O) groups excluding carboxylic acids is 1. The van der Waals surface area contributed by atoms with E-state index >= 15 is 0 Å². The van der Waals surface area contributed by atoms with Crippen molar-refractivity contribution in [2.75, 3.05) is 26.0 Å². The molecule has 0 unspecified atom stereocenters. The first-order valence-electron chi connectivity index (χ1n) is 4.72. The number of nitrogens with two attached hydrogens (primary N) is 1. The third-order valence-corrected chi connectivity index (χ3v) is 1.94. The van der Waals surface area contributed by atoms with Crippen LogP contribution in [0.4, 0.5) is 5.82 Å². The van der Waals surface area contributed by atoms with E-state index in [-0.39, 0.29) is 5.91 Å². The van der Waals surface area contributed by atoms with Gasteiger partial charge in [0.25, 0.3) is 5.91 Å². The van der Waals surface area contributed by atoms with Crippen molar-refractivity contribution in [2.45, 2.75) is 6.42 Å². The van der Waals surface area contributed by atoms with Crippen molar-refractivity contribution in [3.63, 3.8) is 0 Å². The fraction of sp³-hybridized carbons (Fsp3) is 0.556. The zero-order chi connectivity index (χ0) is 11.3. The molecule has 0 spiro atoms.